The molecular weight excluding hydrogens is 222 g/mol. The lowest BCUT2D eigenvalue weighted by molar-refractivity contribution is 0.503. The molecule has 1 N–H and O–H groups in total. The van der Waals surface area contributed by atoms with Crippen molar-refractivity contribution in [3.8, 4) is 0 Å². The molecule has 0 aliphatic heterocycles. The third-order valence-electron chi connectivity index (χ3n) is 3.24. The second-order valence-corrected chi connectivity index (χ2v) is 4.65. The highest BCUT2D eigenvalue weighted by Gasteiger charge is 2.09. The molecule has 2 rings (SSSR count). The van der Waals surface area contributed by atoms with Crippen LogP contribution >= 0.6 is 0 Å². The first-order chi connectivity index (χ1) is 8.70. The number of aryl methyl sites for hydroxylation is 2. The molecule has 0 fully saturated rings. The molecule has 0 amide bonds. The number of hydrogen-bond acceptors (Lipinski definition) is 2. The van der Waals surface area contributed by atoms with E-state index in [0.29, 0.717) is 6.04 Å². The van der Waals surface area contributed by atoms with Gasteiger partial charge < -0.3 is 5.32 Å². The van der Waals surface area contributed by atoms with Crippen molar-refractivity contribution in [3.63, 3.8) is 0 Å². The first-order valence-electron chi connectivity index (χ1n) is 6.48. The van der Waals surface area contributed by atoms with Gasteiger partial charge in [-0.2, -0.15) is 5.10 Å². The fraction of sp³-hybridized carbons (Fsp3) is 0.400. The van der Waals surface area contributed by atoms with Crippen LogP contribution in [0.5, 0.6) is 0 Å². The van der Waals surface area contributed by atoms with Crippen molar-refractivity contribution in [2.75, 3.05) is 0 Å². The average Bonchev–Trinajstić information content (AvgIpc) is 2.70. The highest BCUT2D eigenvalue weighted by Crippen LogP contribution is 2.16. The summed E-state index contributed by atoms with van der Waals surface area (Å²) in [4.78, 5) is 0. The van der Waals surface area contributed by atoms with Gasteiger partial charge in [-0.1, -0.05) is 37.3 Å². The standard InChI is InChI=1S/C15H21N3/c1-4-15(13-8-6-5-7-9-13)16-11-14-10-12(2)17-18(14)3/h5-10,15-16H,4,11H2,1-3H3. The Hall–Kier alpha value is -1.61. The normalized spacial score (nSPS) is 12.6. The van der Waals surface area contributed by atoms with Crippen LogP contribution in [0.1, 0.15) is 36.3 Å². The third-order valence-corrected chi connectivity index (χ3v) is 3.24. The number of nitrogens with one attached hydrogen (secondary N) is 1. The highest BCUT2D eigenvalue weighted by molar-refractivity contribution is 5.19. The van der Waals surface area contributed by atoms with Crippen LogP contribution in [0.4, 0.5) is 0 Å². The quantitative estimate of drug-likeness (QED) is 0.875. The Balaban J connectivity index is 2.02. The third kappa shape index (κ3) is 2.99. The molecular formula is C15H21N3. The largest absolute Gasteiger partial charge is 0.304 e. The summed E-state index contributed by atoms with van der Waals surface area (Å²) in [5.74, 6) is 0. The summed E-state index contributed by atoms with van der Waals surface area (Å²) in [6.45, 7) is 5.09. The van der Waals surface area contributed by atoms with Crippen molar-refractivity contribution in [2.24, 2.45) is 7.05 Å². The molecule has 1 aromatic heterocycles. The van der Waals surface area contributed by atoms with E-state index in [1.54, 1.807) is 0 Å². The van der Waals surface area contributed by atoms with Gasteiger partial charge in [-0.15, -0.1) is 0 Å². The maximum Gasteiger partial charge on any atom is 0.0597 e. The molecule has 0 saturated heterocycles. The lowest BCUT2D eigenvalue weighted by Gasteiger charge is -2.17. The molecule has 1 atom stereocenters. The Bertz CT molecular complexity index is 488. The Morgan fingerprint density at radius 2 is 2.00 bits per heavy atom. The van der Waals surface area contributed by atoms with Gasteiger partial charge in [-0.05, 0) is 25.0 Å². The molecule has 1 unspecified atom stereocenters. The zero-order chi connectivity index (χ0) is 13.0. The van der Waals surface area contributed by atoms with Crippen molar-refractivity contribution in [2.45, 2.75) is 32.9 Å². The molecule has 96 valence electrons. The summed E-state index contributed by atoms with van der Waals surface area (Å²) in [6, 6.07) is 13.1. The summed E-state index contributed by atoms with van der Waals surface area (Å²) < 4.78 is 1.94. The molecule has 1 aromatic carbocycles. The minimum absolute atomic E-state index is 0.404. The van der Waals surface area contributed by atoms with Crippen LogP contribution in [0, 0.1) is 6.92 Å². The van der Waals surface area contributed by atoms with Crippen molar-refractivity contribution >= 4 is 0 Å². The van der Waals surface area contributed by atoms with Crippen molar-refractivity contribution in [3.05, 3.63) is 53.3 Å². The molecule has 1 heterocycles. The van der Waals surface area contributed by atoms with Gasteiger partial charge in [0.05, 0.1) is 11.4 Å². The van der Waals surface area contributed by atoms with Crippen LogP contribution in [0.15, 0.2) is 36.4 Å². The van der Waals surface area contributed by atoms with Crippen LogP contribution in [0.2, 0.25) is 0 Å². The van der Waals surface area contributed by atoms with E-state index in [1.807, 2.05) is 18.7 Å². The van der Waals surface area contributed by atoms with Crippen LogP contribution in [0.3, 0.4) is 0 Å². The van der Waals surface area contributed by atoms with Gasteiger partial charge in [-0.3, -0.25) is 4.68 Å². The van der Waals surface area contributed by atoms with Gasteiger partial charge in [0.1, 0.15) is 0 Å². The molecule has 0 saturated carbocycles. The van der Waals surface area contributed by atoms with E-state index in [1.165, 1.54) is 11.3 Å². The first-order valence-corrected chi connectivity index (χ1v) is 6.48. The van der Waals surface area contributed by atoms with Crippen LogP contribution in [-0.2, 0) is 13.6 Å². The predicted molar refractivity (Wildman–Crippen MR) is 74.3 cm³/mol. The summed E-state index contributed by atoms with van der Waals surface area (Å²) >= 11 is 0. The number of hydrogen-bond donors (Lipinski definition) is 1. The molecule has 0 aliphatic carbocycles. The molecule has 3 nitrogen and oxygen atoms in total. The van der Waals surface area contributed by atoms with E-state index in [0.717, 1.165) is 18.7 Å². The smallest absolute Gasteiger partial charge is 0.0597 e. The van der Waals surface area contributed by atoms with Gasteiger partial charge in [0.25, 0.3) is 0 Å². The summed E-state index contributed by atoms with van der Waals surface area (Å²) in [6.07, 6.45) is 1.08. The fourth-order valence-corrected chi connectivity index (χ4v) is 2.24. The van der Waals surface area contributed by atoms with E-state index in [4.69, 9.17) is 0 Å². The molecule has 0 spiro atoms. The van der Waals surface area contributed by atoms with Crippen molar-refractivity contribution in [1.82, 2.24) is 15.1 Å². The maximum absolute atomic E-state index is 4.36. The minimum Gasteiger partial charge on any atom is -0.304 e. The van der Waals surface area contributed by atoms with Crippen molar-refractivity contribution < 1.29 is 0 Å². The molecule has 3 heteroatoms. The highest BCUT2D eigenvalue weighted by atomic mass is 15.3. The van der Waals surface area contributed by atoms with Crippen LogP contribution in [0.25, 0.3) is 0 Å². The molecule has 0 radical (unpaired) electrons. The number of aromatic nitrogens is 2. The van der Waals surface area contributed by atoms with Gasteiger partial charge in [-0.25, -0.2) is 0 Å². The van der Waals surface area contributed by atoms with E-state index < -0.39 is 0 Å². The Morgan fingerprint density at radius 3 is 2.56 bits per heavy atom. The second kappa shape index (κ2) is 5.83. The monoisotopic (exact) mass is 243 g/mol. The number of benzene rings is 1. The zero-order valence-electron chi connectivity index (χ0n) is 11.4. The molecule has 18 heavy (non-hydrogen) atoms. The van der Waals surface area contributed by atoms with Gasteiger partial charge >= 0.3 is 0 Å². The second-order valence-electron chi connectivity index (χ2n) is 4.65. The van der Waals surface area contributed by atoms with Gasteiger partial charge in [0, 0.05) is 19.6 Å². The van der Waals surface area contributed by atoms with E-state index >= 15 is 0 Å². The molecule has 0 aliphatic rings. The molecule has 2 aromatic rings. The van der Waals surface area contributed by atoms with Crippen molar-refractivity contribution in [1.29, 1.82) is 0 Å². The summed E-state index contributed by atoms with van der Waals surface area (Å²) in [7, 11) is 1.99. The van der Waals surface area contributed by atoms with Gasteiger partial charge in [0.15, 0.2) is 0 Å². The Kier molecular flexibility index (Phi) is 4.15. The first kappa shape index (κ1) is 12.8. The topological polar surface area (TPSA) is 29.9 Å². The van der Waals surface area contributed by atoms with Crippen LogP contribution < -0.4 is 5.32 Å². The molecule has 0 bridgehead atoms. The summed E-state index contributed by atoms with van der Waals surface area (Å²) in [5, 5.41) is 7.96. The SMILES string of the molecule is CCC(NCc1cc(C)nn1C)c1ccccc1. The van der Waals surface area contributed by atoms with E-state index in [2.05, 4.69) is 53.7 Å². The zero-order valence-corrected chi connectivity index (χ0v) is 11.4. The predicted octanol–water partition coefficient (Wildman–Crippen LogP) is 2.97. The van der Waals surface area contributed by atoms with Gasteiger partial charge in [0.2, 0.25) is 0 Å². The minimum atomic E-state index is 0.404. The van der Waals surface area contributed by atoms with Crippen LogP contribution in [-0.4, -0.2) is 9.78 Å². The Morgan fingerprint density at radius 1 is 1.28 bits per heavy atom. The lowest BCUT2D eigenvalue weighted by atomic mass is 10.0. The summed E-state index contributed by atoms with van der Waals surface area (Å²) in [5.41, 5.74) is 3.64. The van der Waals surface area contributed by atoms with E-state index in [-0.39, 0.29) is 0 Å². The average molecular weight is 243 g/mol. The Labute approximate surface area is 109 Å². The fourth-order valence-electron chi connectivity index (χ4n) is 2.24. The number of rotatable bonds is 5. The maximum atomic E-state index is 4.36. The lowest BCUT2D eigenvalue weighted by Crippen LogP contribution is -2.21. The van der Waals surface area contributed by atoms with E-state index in [9.17, 15) is 0 Å². The number of nitrogens with zero attached hydrogens (tertiary/aromatic N) is 2.